The van der Waals surface area contributed by atoms with Crippen LogP contribution in [0.15, 0.2) is 83.8 Å². The Morgan fingerprint density at radius 3 is 1.94 bits per heavy atom. The Morgan fingerprint density at radius 1 is 0.812 bits per heavy atom. The third-order valence-corrected chi connectivity index (χ3v) is 5.56. The summed E-state index contributed by atoms with van der Waals surface area (Å²) in [5.74, 6) is -0.787. The zero-order valence-corrected chi connectivity index (χ0v) is 17.6. The molecule has 1 heterocycles. The molecule has 0 aliphatic carbocycles. The summed E-state index contributed by atoms with van der Waals surface area (Å²) in [6.07, 6.45) is 1.56. The predicted octanol–water partition coefficient (Wildman–Crippen LogP) is 4.63. The molecule has 0 saturated heterocycles. The Bertz CT molecular complexity index is 1320. The normalized spacial score (nSPS) is 12.0. The maximum Gasteiger partial charge on any atom is 0.275 e. The summed E-state index contributed by atoms with van der Waals surface area (Å²) in [5, 5.41) is 4.29. The molecule has 1 N–H and O–H groups in total. The van der Waals surface area contributed by atoms with E-state index in [0.717, 1.165) is 0 Å². The number of rotatable bonds is 6. The van der Waals surface area contributed by atoms with Crippen LogP contribution in [0.5, 0.6) is 0 Å². The van der Waals surface area contributed by atoms with Crippen molar-refractivity contribution >= 4 is 11.1 Å². The number of nitrogens with zero attached hydrogens (tertiary/aromatic N) is 2. The van der Waals surface area contributed by atoms with Gasteiger partial charge in [-0.2, -0.15) is 5.10 Å². The van der Waals surface area contributed by atoms with Gasteiger partial charge in [-0.3, -0.25) is 4.79 Å². The first-order valence-corrected chi connectivity index (χ1v) is 11.0. The Labute approximate surface area is 185 Å². The molecule has 0 aliphatic rings. The van der Waals surface area contributed by atoms with E-state index in [-0.39, 0.29) is 23.7 Å². The number of aromatic nitrogens is 2. The van der Waals surface area contributed by atoms with Crippen molar-refractivity contribution < 1.29 is 17.5 Å². The van der Waals surface area contributed by atoms with Crippen molar-refractivity contribution in [1.29, 1.82) is 0 Å². The summed E-state index contributed by atoms with van der Waals surface area (Å²) in [7, 11) is 0. The van der Waals surface area contributed by atoms with Gasteiger partial charge < -0.3 is 4.55 Å². The van der Waals surface area contributed by atoms with Gasteiger partial charge in [-0.1, -0.05) is 48.5 Å². The lowest BCUT2D eigenvalue weighted by molar-refractivity contribution is 0.563. The van der Waals surface area contributed by atoms with Crippen LogP contribution in [0.3, 0.4) is 0 Å². The highest BCUT2D eigenvalue weighted by atomic mass is 32.2. The molecule has 4 aromatic rings. The molecule has 162 valence electrons. The van der Waals surface area contributed by atoms with Crippen LogP contribution in [0.2, 0.25) is 0 Å². The van der Waals surface area contributed by atoms with Crippen molar-refractivity contribution in [2.24, 2.45) is 0 Å². The second kappa shape index (κ2) is 9.33. The topological polar surface area (TPSA) is 72.2 Å². The number of benzene rings is 3. The maximum atomic E-state index is 13.5. The van der Waals surface area contributed by atoms with E-state index in [0.29, 0.717) is 33.4 Å². The molecule has 32 heavy (non-hydrogen) atoms. The molecule has 0 bridgehead atoms. The molecule has 1 unspecified atom stereocenters. The molecule has 4 rings (SSSR count). The molecule has 0 spiro atoms. The lowest BCUT2D eigenvalue weighted by atomic mass is 9.96. The van der Waals surface area contributed by atoms with E-state index in [2.05, 4.69) is 5.10 Å². The summed E-state index contributed by atoms with van der Waals surface area (Å²) in [5.41, 5.74) is 3.13. The monoisotopic (exact) mass is 452 g/mol. The summed E-state index contributed by atoms with van der Waals surface area (Å²) in [6, 6.07) is 18.3. The molecule has 5 nitrogen and oxygen atoms in total. The molecule has 0 aliphatic heterocycles. The molecule has 8 heteroatoms. The van der Waals surface area contributed by atoms with E-state index in [4.69, 9.17) is 4.55 Å². The molecular weight excluding hydrogens is 434 g/mol. The highest BCUT2D eigenvalue weighted by molar-refractivity contribution is 7.78. The van der Waals surface area contributed by atoms with Crippen molar-refractivity contribution in [1.82, 2.24) is 9.78 Å². The fourth-order valence-corrected chi connectivity index (χ4v) is 3.88. The largest absolute Gasteiger partial charge is 0.306 e. The Morgan fingerprint density at radius 2 is 1.34 bits per heavy atom. The standard InChI is InChI=1S/C24H18F2N2O3S/c25-20-9-3-16(4-10-20)14-28-24(29)23(19-7-11-21(26)12-8-19)22(13-27-28)18-5-1-17(2-6-18)15-32(30)31/h1-13H,14-15H2,(H,30,31). The first kappa shape index (κ1) is 21.7. The number of hydrogen-bond acceptors (Lipinski definition) is 3. The van der Waals surface area contributed by atoms with Crippen LogP contribution in [0.1, 0.15) is 11.1 Å². The van der Waals surface area contributed by atoms with Crippen LogP contribution in [-0.4, -0.2) is 18.5 Å². The van der Waals surface area contributed by atoms with Crippen molar-refractivity contribution in [2.45, 2.75) is 12.3 Å². The van der Waals surface area contributed by atoms with Crippen LogP contribution in [0.25, 0.3) is 22.3 Å². The van der Waals surface area contributed by atoms with Crippen LogP contribution in [0, 0.1) is 11.6 Å². The third kappa shape index (κ3) is 4.87. The Hall–Kier alpha value is -3.49. The fraction of sp³-hybridized carbons (Fsp3) is 0.0833. The fourth-order valence-electron chi connectivity index (χ4n) is 3.40. The van der Waals surface area contributed by atoms with Crippen LogP contribution < -0.4 is 5.56 Å². The molecule has 0 saturated carbocycles. The molecular formula is C24H18F2N2O3S. The van der Waals surface area contributed by atoms with E-state index in [1.807, 2.05) is 0 Å². The van der Waals surface area contributed by atoms with Gasteiger partial charge in [-0.25, -0.2) is 17.7 Å². The van der Waals surface area contributed by atoms with E-state index in [1.54, 1.807) is 42.6 Å². The van der Waals surface area contributed by atoms with Gasteiger partial charge in [-0.15, -0.1) is 0 Å². The SMILES string of the molecule is O=c1c(-c2ccc(F)cc2)c(-c2ccc(CS(=O)O)cc2)cnn1Cc1ccc(F)cc1. The van der Waals surface area contributed by atoms with E-state index < -0.39 is 16.9 Å². The van der Waals surface area contributed by atoms with Crippen molar-refractivity contribution in [2.75, 3.05) is 0 Å². The van der Waals surface area contributed by atoms with Gasteiger partial charge >= 0.3 is 0 Å². The quantitative estimate of drug-likeness (QED) is 0.433. The van der Waals surface area contributed by atoms with Gasteiger partial charge in [0.05, 0.1) is 24.1 Å². The first-order chi connectivity index (χ1) is 15.4. The molecule has 0 fully saturated rings. The van der Waals surface area contributed by atoms with Gasteiger partial charge in [0.15, 0.2) is 11.1 Å². The summed E-state index contributed by atoms with van der Waals surface area (Å²) in [6.45, 7) is 0.148. The van der Waals surface area contributed by atoms with Gasteiger partial charge in [0.25, 0.3) is 5.56 Å². The Balaban J connectivity index is 1.81. The van der Waals surface area contributed by atoms with Gasteiger partial charge in [0.1, 0.15) is 11.6 Å². The molecule has 1 atom stereocenters. The smallest absolute Gasteiger partial charge is 0.275 e. The summed E-state index contributed by atoms with van der Waals surface area (Å²) in [4.78, 5) is 13.4. The Kier molecular flexibility index (Phi) is 6.34. The summed E-state index contributed by atoms with van der Waals surface area (Å²) >= 11 is -1.96. The van der Waals surface area contributed by atoms with Crippen LogP contribution in [-0.2, 0) is 23.4 Å². The molecule has 3 aromatic carbocycles. The average Bonchev–Trinajstić information content (AvgIpc) is 2.77. The van der Waals surface area contributed by atoms with E-state index in [9.17, 15) is 17.8 Å². The predicted molar refractivity (Wildman–Crippen MR) is 119 cm³/mol. The maximum absolute atomic E-state index is 13.5. The minimum atomic E-state index is -1.96. The highest BCUT2D eigenvalue weighted by Gasteiger charge is 2.16. The zero-order valence-electron chi connectivity index (χ0n) is 16.7. The third-order valence-electron chi connectivity index (χ3n) is 4.98. The van der Waals surface area contributed by atoms with Gasteiger partial charge in [0.2, 0.25) is 0 Å². The van der Waals surface area contributed by atoms with Gasteiger partial charge in [-0.05, 0) is 46.5 Å². The van der Waals surface area contributed by atoms with E-state index in [1.165, 1.54) is 41.1 Å². The van der Waals surface area contributed by atoms with Crippen LogP contribution >= 0.6 is 0 Å². The molecule has 1 aromatic heterocycles. The van der Waals surface area contributed by atoms with E-state index >= 15 is 0 Å². The lowest BCUT2D eigenvalue weighted by Crippen LogP contribution is -2.25. The first-order valence-electron chi connectivity index (χ1n) is 9.68. The summed E-state index contributed by atoms with van der Waals surface area (Å²) < 4.78 is 48.1. The van der Waals surface area contributed by atoms with Gasteiger partial charge in [0, 0.05) is 5.56 Å². The molecule has 0 radical (unpaired) electrons. The zero-order chi connectivity index (χ0) is 22.7. The van der Waals surface area contributed by atoms with Crippen molar-refractivity contribution in [3.8, 4) is 22.3 Å². The lowest BCUT2D eigenvalue weighted by Gasteiger charge is -2.13. The minimum absolute atomic E-state index is 0.00259. The highest BCUT2D eigenvalue weighted by Crippen LogP contribution is 2.29. The molecule has 0 amide bonds. The van der Waals surface area contributed by atoms with Crippen molar-refractivity contribution in [3.05, 3.63) is 112 Å². The minimum Gasteiger partial charge on any atom is -0.306 e. The second-order valence-corrected chi connectivity index (χ2v) is 8.12. The second-order valence-electron chi connectivity index (χ2n) is 7.19. The van der Waals surface area contributed by atoms with Crippen LogP contribution in [0.4, 0.5) is 8.78 Å². The number of halogens is 2. The average molecular weight is 452 g/mol. The number of hydrogen-bond donors (Lipinski definition) is 1. The van der Waals surface area contributed by atoms with Crippen molar-refractivity contribution in [3.63, 3.8) is 0 Å².